The van der Waals surface area contributed by atoms with Crippen LogP contribution in [0.2, 0.25) is 5.02 Å². The van der Waals surface area contributed by atoms with Crippen LogP contribution in [0.25, 0.3) is 11.0 Å². The number of hydrogen-bond acceptors (Lipinski definition) is 6. The fourth-order valence-electron chi connectivity index (χ4n) is 5.18. The maximum Gasteiger partial charge on any atom is 0.213 e. The molecular weight excluding hydrogens is 505 g/mol. The Labute approximate surface area is 226 Å². The molecule has 2 fully saturated rings. The Bertz CT molecular complexity index is 1430. The van der Waals surface area contributed by atoms with Crippen LogP contribution < -0.4 is 10.5 Å². The molecule has 2 aliphatic rings. The smallest absolute Gasteiger partial charge is 0.213 e. The number of nitrogens with zero attached hydrogens (tertiary/aromatic N) is 4. The van der Waals surface area contributed by atoms with Gasteiger partial charge in [0.25, 0.3) is 0 Å². The van der Waals surface area contributed by atoms with E-state index in [9.17, 15) is 4.39 Å². The molecule has 0 spiro atoms. The van der Waals surface area contributed by atoms with Crippen molar-refractivity contribution in [3.05, 3.63) is 82.5 Å². The van der Waals surface area contributed by atoms with Gasteiger partial charge in [-0.05, 0) is 61.2 Å². The van der Waals surface area contributed by atoms with E-state index in [1.807, 2.05) is 36.4 Å². The number of ether oxygens (including phenoxy) is 2. The van der Waals surface area contributed by atoms with E-state index >= 15 is 0 Å². The molecule has 0 unspecified atom stereocenters. The summed E-state index contributed by atoms with van der Waals surface area (Å²) in [5.41, 5.74) is 10.2. The number of fused-ring (bicyclic) bond motifs is 1. The fourth-order valence-corrected chi connectivity index (χ4v) is 5.34. The first kappa shape index (κ1) is 25.1. The number of imidazole rings is 1. The van der Waals surface area contributed by atoms with Gasteiger partial charge in [-0.1, -0.05) is 23.7 Å². The van der Waals surface area contributed by atoms with E-state index in [2.05, 4.69) is 14.5 Å². The predicted octanol–water partition coefficient (Wildman–Crippen LogP) is 5.23. The summed E-state index contributed by atoms with van der Waals surface area (Å²) >= 11 is 5.88. The highest BCUT2D eigenvalue weighted by Crippen LogP contribution is 2.26. The van der Waals surface area contributed by atoms with E-state index in [0.717, 1.165) is 80.3 Å². The maximum atomic E-state index is 14.2. The minimum Gasteiger partial charge on any atom is -0.474 e. The topological polar surface area (TPSA) is 78.4 Å². The SMILES string of the molecule is Nc1ccc2nc(CN3CCC(Oc4cccc(Cc5ccc(Cl)cc5F)n4)CC3)n(C[C@@H]3CCO3)c2c1. The molecule has 0 amide bonds. The lowest BCUT2D eigenvalue weighted by Gasteiger charge is -2.32. The molecule has 7 nitrogen and oxygen atoms in total. The number of halogens is 2. The van der Waals surface area contributed by atoms with E-state index < -0.39 is 0 Å². The van der Waals surface area contributed by atoms with Crippen LogP contribution in [0.1, 0.15) is 36.3 Å². The highest BCUT2D eigenvalue weighted by molar-refractivity contribution is 6.30. The lowest BCUT2D eigenvalue weighted by Crippen LogP contribution is -2.39. The van der Waals surface area contributed by atoms with Crippen molar-refractivity contribution in [2.24, 2.45) is 0 Å². The lowest BCUT2D eigenvalue weighted by atomic mass is 10.1. The van der Waals surface area contributed by atoms with Gasteiger partial charge in [0, 0.05) is 48.6 Å². The summed E-state index contributed by atoms with van der Waals surface area (Å²) in [4.78, 5) is 12.0. The van der Waals surface area contributed by atoms with Crippen molar-refractivity contribution in [1.29, 1.82) is 0 Å². The summed E-state index contributed by atoms with van der Waals surface area (Å²) in [5.74, 6) is 1.30. The standard InChI is InChI=1S/C29H31ClFN5O2/c30-20-5-4-19(25(31)15-20)14-22-2-1-3-29(33-22)38-23-8-11-35(12-9-23)18-28-34-26-7-6-21(32)16-27(26)36(28)17-24-10-13-37-24/h1-7,15-16,23-24H,8-14,17-18,32H2/t24-/m0/s1. The molecule has 2 aromatic carbocycles. The van der Waals surface area contributed by atoms with Crippen molar-refractivity contribution >= 4 is 28.3 Å². The Hall–Kier alpha value is -3.20. The molecule has 4 heterocycles. The molecular formula is C29H31ClFN5O2. The molecule has 0 radical (unpaired) electrons. The molecule has 0 bridgehead atoms. The summed E-state index contributed by atoms with van der Waals surface area (Å²) in [6.45, 7) is 4.22. The van der Waals surface area contributed by atoms with Gasteiger partial charge >= 0.3 is 0 Å². The number of pyridine rings is 1. The van der Waals surface area contributed by atoms with Crippen LogP contribution in [0.3, 0.4) is 0 Å². The summed E-state index contributed by atoms with van der Waals surface area (Å²) in [7, 11) is 0. The average molecular weight is 536 g/mol. The third kappa shape index (κ3) is 5.62. The first-order chi connectivity index (χ1) is 18.5. The lowest BCUT2D eigenvalue weighted by molar-refractivity contribution is -0.0592. The average Bonchev–Trinajstić information content (AvgIpc) is 3.20. The summed E-state index contributed by atoms with van der Waals surface area (Å²) < 4.78 is 28.4. The zero-order valence-corrected chi connectivity index (χ0v) is 21.9. The minimum atomic E-state index is -0.324. The van der Waals surface area contributed by atoms with Gasteiger partial charge in [-0.3, -0.25) is 4.90 Å². The van der Waals surface area contributed by atoms with Crippen LogP contribution in [-0.2, 0) is 24.2 Å². The number of rotatable bonds is 8. The highest BCUT2D eigenvalue weighted by Gasteiger charge is 2.25. The molecule has 2 saturated heterocycles. The van der Waals surface area contributed by atoms with Crippen LogP contribution in [0.5, 0.6) is 5.88 Å². The van der Waals surface area contributed by atoms with Gasteiger partial charge in [0.05, 0.1) is 30.2 Å². The largest absolute Gasteiger partial charge is 0.474 e. The Morgan fingerprint density at radius 3 is 2.66 bits per heavy atom. The van der Waals surface area contributed by atoms with Gasteiger partial charge in [-0.2, -0.15) is 0 Å². The summed E-state index contributed by atoms with van der Waals surface area (Å²) in [5, 5.41) is 0.386. The van der Waals surface area contributed by atoms with Crippen LogP contribution >= 0.6 is 11.6 Å². The quantitative estimate of drug-likeness (QED) is 0.311. The highest BCUT2D eigenvalue weighted by atomic mass is 35.5. The third-order valence-electron chi connectivity index (χ3n) is 7.39. The maximum absolute atomic E-state index is 14.2. The Morgan fingerprint density at radius 1 is 1.05 bits per heavy atom. The molecule has 198 valence electrons. The third-order valence-corrected chi connectivity index (χ3v) is 7.62. The molecule has 4 aromatic rings. The van der Waals surface area contributed by atoms with Gasteiger partial charge in [0.1, 0.15) is 17.7 Å². The predicted molar refractivity (Wildman–Crippen MR) is 146 cm³/mol. The molecule has 0 aliphatic carbocycles. The fraction of sp³-hybridized carbons (Fsp3) is 0.379. The summed E-state index contributed by atoms with van der Waals surface area (Å²) in [6, 6.07) is 16.3. The van der Waals surface area contributed by atoms with Crippen LogP contribution in [0.4, 0.5) is 10.1 Å². The van der Waals surface area contributed by atoms with Crippen molar-refractivity contribution in [3.8, 4) is 5.88 Å². The molecule has 9 heteroatoms. The van der Waals surface area contributed by atoms with Gasteiger partial charge in [-0.15, -0.1) is 0 Å². The normalized spacial score (nSPS) is 18.5. The Morgan fingerprint density at radius 2 is 1.89 bits per heavy atom. The van der Waals surface area contributed by atoms with Crippen molar-refractivity contribution in [3.63, 3.8) is 0 Å². The molecule has 2 aromatic heterocycles. The number of likely N-dealkylation sites (tertiary alicyclic amines) is 1. The molecule has 6 rings (SSSR count). The van der Waals surface area contributed by atoms with Crippen LogP contribution in [0.15, 0.2) is 54.6 Å². The Balaban J connectivity index is 1.08. The van der Waals surface area contributed by atoms with Crippen LogP contribution in [0, 0.1) is 5.82 Å². The number of aromatic nitrogens is 3. The minimum absolute atomic E-state index is 0.0864. The van der Waals surface area contributed by atoms with E-state index in [1.54, 1.807) is 12.1 Å². The van der Waals surface area contributed by atoms with Gasteiger partial charge < -0.3 is 19.8 Å². The second-order valence-electron chi connectivity index (χ2n) is 10.1. The molecule has 38 heavy (non-hydrogen) atoms. The number of hydrogen-bond donors (Lipinski definition) is 1. The molecule has 2 aliphatic heterocycles. The van der Waals surface area contributed by atoms with E-state index in [1.165, 1.54) is 6.07 Å². The molecule has 0 saturated carbocycles. The zero-order valence-electron chi connectivity index (χ0n) is 21.2. The van der Waals surface area contributed by atoms with Gasteiger partial charge in [0.15, 0.2) is 0 Å². The second kappa shape index (κ2) is 10.9. The first-order valence-corrected chi connectivity index (χ1v) is 13.5. The van der Waals surface area contributed by atoms with Crippen molar-refractivity contribution in [1.82, 2.24) is 19.4 Å². The van der Waals surface area contributed by atoms with E-state index in [4.69, 9.17) is 31.8 Å². The van der Waals surface area contributed by atoms with Crippen molar-refractivity contribution in [2.75, 3.05) is 25.4 Å². The number of benzene rings is 2. The van der Waals surface area contributed by atoms with Crippen molar-refractivity contribution < 1.29 is 13.9 Å². The Kier molecular flexibility index (Phi) is 7.19. The van der Waals surface area contributed by atoms with E-state index in [-0.39, 0.29) is 18.0 Å². The van der Waals surface area contributed by atoms with Gasteiger partial charge in [-0.25, -0.2) is 14.4 Å². The number of nitrogen functional groups attached to an aromatic ring is 1. The van der Waals surface area contributed by atoms with Crippen LogP contribution in [-0.4, -0.2) is 51.3 Å². The van der Waals surface area contributed by atoms with E-state index in [0.29, 0.717) is 22.9 Å². The van der Waals surface area contributed by atoms with Gasteiger partial charge in [0.2, 0.25) is 5.88 Å². The first-order valence-electron chi connectivity index (χ1n) is 13.2. The van der Waals surface area contributed by atoms with Crippen molar-refractivity contribution in [2.45, 2.75) is 51.0 Å². The number of nitrogens with two attached hydrogens (primary N) is 1. The number of piperidine rings is 1. The monoisotopic (exact) mass is 535 g/mol. The molecule has 2 N–H and O–H groups in total. The summed E-state index contributed by atoms with van der Waals surface area (Å²) in [6.07, 6.45) is 3.59. The number of anilines is 1. The zero-order chi connectivity index (χ0) is 26.1. The second-order valence-corrected chi connectivity index (χ2v) is 10.6. The molecule has 1 atom stereocenters.